The lowest BCUT2D eigenvalue weighted by molar-refractivity contribution is 0.0303. The lowest BCUT2D eigenvalue weighted by atomic mass is 10.0. The molecule has 2 aliphatic rings. The summed E-state index contributed by atoms with van der Waals surface area (Å²) in [6.45, 7) is 2.39. The minimum atomic E-state index is -3.47. The quantitative estimate of drug-likeness (QED) is 0.793. The maximum absolute atomic E-state index is 12.7. The highest BCUT2D eigenvalue weighted by Crippen LogP contribution is 2.40. The molecule has 0 bridgehead atoms. The van der Waals surface area contributed by atoms with Crippen molar-refractivity contribution in [2.24, 2.45) is 0 Å². The number of rotatable bonds is 3. The molecule has 0 spiro atoms. The highest BCUT2D eigenvalue weighted by Gasteiger charge is 2.39. The second-order valence-electron chi connectivity index (χ2n) is 6.43. The molecule has 0 aliphatic carbocycles. The number of carbonyl (C=O) groups is 1. The van der Waals surface area contributed by atoms with Crippen molar-refractivity contribution in [3.05, 3.63) is 53.2 Å². The van der Waals surface area contributed by atoms with Crippen LogP contribution in [-0.2, 0) is 21.3 Å². The number of benzene rings is 1. The summed E-state index contributed by atoms with van der Waals surface area (Å²) in [5, 5.41) is 0. The molecule has 0 saturated carbocycles. The Balaban J connectivity index is 1.70. The molecule has 1 aromatic heterocycles. The topological polar surface area (TPSA) is 93.0 Å². The van der Waals surface area contributed by atoms with E-state index >= 15 is 0 Å². The summed E-state index contributed by atoms with van der Waals surface area (Å²) in [6, 6.07) is 4.77. The molecule has 138 valence electrons. The highest BCUT2D eigenvalue weighted by molar-refractivity contribution is 7.88. The van der Waals surface area contributed by atoms with Crippen LogP contribution in [0.5, 0.6) is 0 Å². The van der Waals surface area contributed by atoms with Crippen LogP contribution in [0.4, 0.5) is 0 Å². The third kappa shape index (κ3) is 3.02. The van der Waals surface area contributed by atoms with Gasteiger partial charge in [-0.3, -0.25) is 4.79 Å². The lowest BCUT2D eigenvalue weighted by Gasteiger charge is -2.27. The van der Waals surface area contributed by atoms with Crippen LogP contribution in [0.3, 0.4) is 0 Å². The second kappa shape index (κ2) is 6.49. The predicted octanol–water partition coefficient (Wildman–Crippen LogP) is 1.01. The van der Waals surface area contributed by atoms with E-state index in [1.165, 1.54) is 23.2 Å². The molecule has 3 heterocycles. The van der Waals surface area contributed by atoms with Crippen LogP contribution in [0.2, 0.25) is 0 Å². The molecule has 8 nitrogen and oxygen atoms in total. The summed E-state index contributed by atoms with van der Waals surface area (Å²) in [5.74, 6) is 0.395. The van der Waals surface area contributed by atoms with Gasteiger partial charge in [-0.2, -0.15) is 4.31 Å². The van der Waals surface area contributed by atoms with E-state index in [4.69, 9.17) is 9.15 Å². The molecule has 26 heavy (non-hydrogen) atoms. The van der Waals surface area contributed by atoms with Crippen molar-refractivity contribution < 1.29 is 22.4 Å². The van der Waals surface area contributed by atoms with E-state index in [1.807, 2.05) is 0 Å². The monoisotopic (exact) mass is 377 g/mol. The van der Waals surface area contributed by atoms with Gasteiger partial charge in [0.25, 0.3) is 5.91 Å². The first kappa shape index (κ1) is 17.2. The van der Waals surface area contributed by atoms with Crippen LogP contribution in [0.15, 0.2) is 35.2 Å². The van der Waals surface area contributed by atoms with Gasteiger partial charge in [0.05, 0.1) is 25.7 Å². The number of sulfonamides is 1. The maximum Gasteiger partial charge on any atom is 0.254 e. The Hall–Kier alpha value is -2.23. The van der Waals surface area contributed by atoms with E-state index in [9.17, 15) is 13.2 Å². The molecule has 4 rings (SSSR count). The molecule has 1 fully saturated rings. The summed E-state index contributed by atoms with van der Waals surface area (Å²) in [6.07, 6.45) is 3.97. The van der Waals surface area contributed by atoms with E-state index in [1.54, 1.807) is 23.1 Å². The van der Waals surface area contributed by atoms with E-state index in [-0.39, 0.29) is 12.5 Å². The molecule has 0 N–H and O–H groups in total. The zero-order valence-electron chi connectivity index (χ0n) is 14.3. The molecule has 2 aromatic rings. The van der Waals surface area contributed by atoms with Crippen molar-refractivity contribution in [1.82, 2.24) is 14.2 Å². The summed E-state index contributed by atoms with van der Waals surface area (Å²) >= 11 is 0. The van der Waals surface area contributed by atoms with Crippen molar-refractivity contribution in [3.8, 4) is 0 Å². The number of oxazole rings is 1. The van der Waals surface area contributed by atoms with Gasteiger partial charge in [-0.05, 0) is 23.3 Å². The predicted molar refractivity (Wildman–Crippen MR) is 91.9 cm³/mol. The summed E-state index contributed by atoms with van der Waals surface area (Å²) in [7, 11) is -3.47. The molecular weight excluding hydrogens is 358 g/mol. The first-order chi connectivity index (χ1) is 12.4. The minimum Gasteiger partial charge on any atom is -0.446 e. The number of fused-ring (bicyclic) bond motifs is 1. The molecule has 1 atom stereocenters. The number of ether oxygens (including phenoxy) is 1. The zero-order chi connectivity index (χ0) is 18.3. The van der Waals surface area contributed by atoms with Gasteiger partial charge in [-0.1, -0.05) is 6.07 Å². The molecule has 1 aromatic carbocycles. The van der Waals surface area contributed by atoms with Crippen LogP contribution in [0.1, 0.15) is 33.3 Å². The Morgan fingerprint density at radius 3 is 2.69 bits per heavy atom. The van der Waals surface area contributed by atoms with Gasteiger partial charge in [-0.15, -0.1) is 0 Å². The third-order valence-corrected chi connectivity index (χ3v) is 5.94. The first-order valence-electron chi connectivity index (χ1n) is 8.30. The smallest absolute Gasteiger partial charge is 0.254 e. The fraction of sp³-hybridized carbons (Fsp3) is 0.412. The van der Waals surface area contributed by atoms with Crippen LogP contribution in [-0.4, -0.2) is 61.1 Å². The van der Waals surface area contributed by atoms with E-state index in [0.717, 1.165) is 11.1 Å². The van der Waals surface area contributed by atoms with Crippen LogP contribution >= 0.6 is 0 Å². The summed E-state index contributed by atoms with van der Waals surface area (Å²) < 4.78 is 36.5. The summed E-state index contributed by atoms with van der Waals surface area (Å²) in [4.78, 5) is 18.4. The first-order valence-corrected chi connectivity index (χ1v) is 10.1. The van der Waals surface area contributed by atoms with Gasteiger partial charge in [0.1, 0.15) is 11.8 Å². The molecule has 0 radical (unpaired) electrons. The van der Waals surface area contributed by atoms with Gasteiger partial charge in [0.15, 0.2) is 6.39 Å². The average Bonchev–Trinajstić information content (AvgIpc) is 3.28. The van der Waals surface area contributed by atoms with Crippen LogP contribution in [0, 0.1) is 0 Å². The number of morpholine rings is 1. The lowest BCUT2D eigenvalue weighted by Crippen LogP contribution is -2.40. The molecular formula is C17H19N3O5S. The number of hydrogen-bond acceptors (Lipinski definition) is 6. The Morgan fingerprint density at radius 1 is 1.27 bits per heavy atom. The normalized spacial score (nSPS) is 21.0. The molecule has 1 amide bonds. The number of hydrogen-bond donors (Lipinski definition) is 0. The number of aromatic nitrogens is 1. The van der Waals surface area contributed by atoms with Crippen LogP contribution in [0.25, 0.3) is 0 Å². The standard InChI is InChI=1S/C17H19N3O5S/c1-26(22,23)20-10-13-8-12(17(21)19-4-6-24-7-5-19)2-3-14(13)16(20)15-9-18-11-25-15/h2-3,8-9,11,16H,4-7,10H2,1H3. The van der Waals surface area contributed by atoms with Gasteiger partial charge < -0.3 is 14.1 Å². The average molecular weight is 377 g/mol. The van der Waals surface area contributed by atoms with Crippen molar-refractivity contribution in [2.45, 2.75) is 12.6 Å². The summed E-state index contributed by atoms with van der Waals surface area (Å²) in [5.41, 5.74) is 2.17. The van der Waals surface area contributed by atoms with Crippen molar-refractivity contribution in [3.63, 3.8) is 0 Å². The fourth-order valence-corrected chi connectivity index (χ4v) is 4.44. The highest BCUT2D eigenvalue weighted by atomic mass is 32.2. The zero-order valence-corrected chi connectivity index (χ0v) is 15.1. The fourth-order valence-electron chi connectivity index (χ4n) is 3.47. The molecule has 9 heteroatoms. The number of amides is 1. The SMILES string of the molecule is CS(=O)(=O)N1Cc2cc(C(=O)N3CCOCC3)ccc2C1c1cnco1. The van der Waals surface area contributed by atoms with Gasteiger partial charge in [0.2, 0.25) is 10.0 Å². The van der Waals surface area contributed by atoms with E-state index in [2.05, 4.69) is 4.98 Å². The van der Waals surface area contributed by atoms with Crippen LogP contribution < -0.4 is 0 Å². The Bertz CT molecular complexity index is 920. The third-order valence-electron chi connectivity index (χ3n) is 4.74. The van der Waals surface area contributed by atoms with Crippen molar-refractivity contribution >= 4 is 15.9 Å². The van der Waals surface area contributed by atoms with Gasteiger partial charge >= 0.3 is 0 Å². The second-order valence-corrected chi connectivity index (χ2v) is 8.37. The Morgan fingerprint density at radius 2 is 2.04 bits per heavy atom. The molecule has 1 saturated heterocycles. The van der Waals surface area contributed by atoms with E-state index < -0.39 is 16.1 Å². The molecule has 1 unspecified atom stereocenters. The largest absolute Gasteiger partial charge is 0.446 e. The van der Waals surface area contributed by atoms with Crippen molar-refractivity contribution in [1.29, 1.82) is 0 Å². The number of nitrogens with zero attached hydrogens (tertiary/aromatic N) is 3. The van der Waals surface area contributed by atoms with Gasteiger partial charge in [0, 0.05) is 25.2 Å². The Kier molecular flexibility index (Phi) is 4.29. The number of carbonyl (C=O) groups excluding carboxylic acids is 1. The maximum atomic E-state index is 12.7. The molecule has 2 aliphatic heterocycles. The van der Waals surface area contributed by atoms with Gasteiger partial charge in [-0.25, -0.2) is 13.4 Å². The minimum absolute atomic E-state index is 0.0647. The van der Waals surface area contributed by atoms with Crippen molar-refractivity contribution in [2.75, 3.05) is 32.6 Å². The van der Waals surface area contributed by atoms with E-state index in [0.29, 0.717) is 37.6 Å². The Labute approximate surface area is 151 Å².